The zero-order valence-electron chi connectivity index (χ0n) is 12.1. The molecule has 4 atom stereocenters. The molecule has 1 fully saturated rings. The van der Waals surface area contributed by atoms with Gasteiger partial charge in [0, 0.05) is 0 Å². The van der Waals surface area contributed by atoms with Gasteiger partial charge in [-0.15, -0.1) is 0 Å². The lowest BCUT2D eigenvalue weighted by Gasteiger charge is -2.19. The number of aromatic nitrogens is 4. The number of hydrogen-bond donors (Lipinski definition) is 5. The highest BCUT2D eigenvalue weighted by molar-refractivity contribution is 5.93. The predicted molar refractivity (Wildman–Crippen MR) is 77.5 cm³/mol. The molecule has 12 heteroatoms. The van der Waals surface area contributed by atoms with Crippen LogP contribution in [0.2, 0.25) is 0 Å². The molecular weight excluding hydrogens is 324 g/mol. The molecule has 0 bridgehead atoms. The molecule has 12 nitrogen and oxygen atoms in total. The van der Waals surface area contributed by atoms with Gasteiger partial charge in [0.15, 0.2) is 23.4 Å². The van der Waals surface area contributed by atoms with Crippen LogP contribution in [-0.4, -0.2) is 65.7 Å². The van der Waals surface area contributed by atoms with Crippen LogP contribution in [0.4, 0.5) is 5.82 Å². The Morgan fingerprint density at radius 1 is 1.33 bits per heavy atom. The highest BCUT2D eigenvalue weighted by Gasteiger charge is 2.45. The van der Waals surface area contributed by atoms with Gasteiger partial charge in [-0.25, -0.2) is 15.0 Å². The molecule has 0 aliphatic carbocycles. The first-order valence-electron chi connectivity index (χ1n) is 6.81. The molecule has 2 aromatic rings. The molecule has 24 heavy (non-hydrogen) atoms. The third kappa shape index (κ3) is 2.28. The number of carbonyl (C=O) groups is 1. The number of fused-ring (bicyclic) bond motifs is 1. The van der Waals surface area contributed by atoms with Crippen molar-refractivity contribution in [3.05, 3.63) is 22.4 Å². The van der Waals surface area contributed by atoms with E-state index < -0.39 is 48.3 Å². The second-order valence-corrected chi connectivity index (χ2v) is 5.16. The molecule has 0 spiro atoms. The Morgan fingerprint density at radius 2 is 2.04 bits per heavy atom. The van der Waals surface area contributed by atoms with Crippen molar-refractivity contribution in [2.75, 3.05) is 12.3 Å². The molecule has 1 saturated heterocycles. The molecular formula is C12H14N6O6. The van der Waals surface area contributed by atoms with Crippen molar-refractivity contribution in [2.45, 2.75) is 24.5 Å². The molecule has 0 aromatic carbocycles. The summed E-state index contributed by atoms with van der Waals surface area (Å²) in [6, 6.07) is 0. The summed E-state index contributed by atoms with van der Waals surface area (Å²) in [5.41, 5.74) is 8.99. The van der Waals surface area contributed by atoms with Crippen LogP contribution in [0, 0.1) is 0 Å². The highest BCUT2D eigenvalue weighted by atomic mass is 16.6. The Kier molecular flexibility index (Phi) is 3.88. The first kappa shape index (κ1) is 16.2. The zero-order valence-corrected chi connectivity index (χ0v) is 12.1. The maximum atomic E-state index is 12.5. The van der Waals surface area contributed by atoms with E-state index in [1.807, 2.05) is 0 Å². The first-order chi connectivity index (χ1) is 11.4. The van der Waals surface area contributed by atoms with Crippen molar-refractivity contribution in [3.8, 4) is 0 Å². The number of nitrogen functional groups attached to an aromatic ring is 1. The van der Waals surface area contributed by atoms with E-state index in [0.717, 1.165) is 10.9 Å². The molecule has 1 amide bonds. The topological polar surface area (TPSA) is 200 Å². The fraction of sp³-hybridized carbons (Fsp3) is 0.417. The Morgan fingerprint density at radius 3 is 2.62 bits per heavy atom. The molecule has 3 heterocycles. The number of nitrogens with two attached hydrogens (primary N) is 2. The van der Waals surface area contributed by atoms with Crippen LogP contribution in [0.5, 0.6) is 0 Å². The summed E-state index contributed by atoms with van der Waals surface area (Å²) >= 11 is 0. The Bertz CT molecular complexity index is 869. The van der Waals surface area contributed by atoms with Gasteiger partial charge in [-0.1, -0.05) is 0 Å². The number of amides is 1. The van der Waals surface area contributed by atoms with Gasteiger partial charge in [-0.2, -0.15) is 0 Å². The average molecular weight is 338 g/mol. The maximum absolute atomic E-state index is 12.5. The maximum Gasteiger partial charge on any atom is 0.286 e. The number of ether oxygens (including phenoxy) is 1. The van der Waals surface area contributed by atoms with Crippen molar-refractivity contribution >= 4 is 22.9 Å². The highest BCUT2D eigenvalue weighted by Crippen LogP contribution is 2.30. The van der Waals surface area contributed by atoms with E-state index in [-0.39, 0.29) is 17.0 Å². The summed E-state index contributed by atoms with van der Waals surface area (Å²) < 4.78 is 6.13. The number of rotatable bonds is 3. The summed E-state index contributed by atoms with van der Waals surface area (Å²) in [6.07, 6.45) is -4.52. The number of nitrogens with zero attached hydrogens (tertiary/aromatic N) is 4. The molecule has 1 aliphatic rings. The molecule has 0 radical (unpaired) electrons. The fourth-order valence-corrected chi connectivity index (χ4v) is 2.53. The smallest absolute Gasteiger partial charge is 0.286 e. The third-order valence-corrected chi connectivity index (χ3v) is 3.71. The molecule has 1 aliphatic heterocycles. The van der Waals surface area contributed by atoms with Gasteiger partial charge >= 0.3 is 0 Å². The van der Waals surface area contributed by atoms with Crippen LogP contribution >= 0.6 is 0 Å². The van der Waals surface area contributed by atoms with Crippen molar-refractivity contribution in [1.82, 2.24) is 19.5 Å². The van der Waals surface area contributed by atoms with E-state index in [9.17, 15) is 24.9 Å². The largest absolute Gasteiger partial charge is 0.394 e. The lowest BCUT2D eigenvalue weighted by Crippen LogP contribution is -2.39. The number of hydrogen-bond acceptors (Lipinski definition) is 10. The Hall–Kier alpha value is -2.67. The van der Waals surface area contributed by atoms with Gasteiger partial charge < -0.3 is 31.5 Å². The number of aliphatic hydroxyl groups is 3. The van der Waals surface area contributed by atoms with E-state index in [1.54, 1.807) is 0 Å². The minimum Gasteiger partial charge on any atom is -0.394 e. The van der Waals surface area contributed by atoms with Crippen molar-refractivity contribution < 1.29 is 24.9 Å². The summed E-state index contributed by atoms with van der Waals surface area (Å²) in [6.45, 7) is -0.591. The van der Waals surface area contributed by atoms with Crippen molar-refractivity contribution in [3.63, 3.8) is 0 Å². The van der Waals surface area contributed by atoms with Crippen molar-refractivity contribution in [1.29, 1.82) is 0 Å². The second kappa shape index (κ2) is 5.76. The zero-order chi connectivity index (χ0) is 17.6. The van der Waals surface area contributed by atoms with Crippen LogP contribution in [0.1, 0.15) is 16.7 Å². The number of carbonyl (C=O) groups excluding carboxylic acids is 1. The van der Waals surface area contributed by atoms with Crippen LogP contribution < -0.4 is 17.0 Å². The fourth-order valence-electron chi connectivity index (χ4n) is 2.53. The first-order valence-corrected chi connectivity index (χ1v) is 6.81. The van der Waals surface area contributed by atoms with Crippen LogP contribution in [0.3, 0.4) is 0 Å². The third-order valence-electron chi connectivity index (χ3n) is 3.71. The summed E-state index contributed by atoms with van der Waals surface area (Å²) in [4.78, 5) is 35.4. The lowest BCUT2D eigenvalue weighted by molar-refractivity contribution is -0.0526. The molecule has 0 unspecified atom stereocenters. The quantitative estimate of drug-likeness (QED) is 0.373. The number of anilines is 1. The molecule has 2 aromatic heterocycles. The second-order valence-electron chi connectivity index (χ2n) is 5.16. The summed E-state index contributed by atoms with van der Waals surface area (Å²) in [5, 5.41) is 29.2. The van der Waals surface area contributed by atoms with E-state index in [0.29, 0.717) is 0 Å². The van der Waals surface area contributed by atoms with E-state index in [1.165, 1.54) is 0 Å². The van der Waals surface area contributed by atoms with Gasteiger partial charge in [0.2, 0.25) is 0 Å². The number of aliphatic hydroxyl groups excluding tert-OH is 3. The Balaban J connectivity index is 2.31. The van der Waals surface area contributed by atoms with E-state index >= 15 is 0 Å². The predicted octanol–water partition coefficient (Wildman–Crippen LogP) is -3.52. The van der Waals surface area contributed by atoms with E-state index in [4.69, 9.17) is 16.2 Å². The summed E-state index contributed by atoms with van der Waals surface area (Å²) in [7, 11) is 0. The van der Waals surface area contributed by atoms with E-state index in [2.05, 4.69) is 15.0 Å². The van der Waals surface area contributed by atoms with Crippen LogP contribution in [0.25, 0.3) is 11.2 Å². The number of primary amides is 1. The van der Waals surface area contributed by atoms with Crippen molar-refractivity contribution in [2.24, 2.45) is 5.73 Å². The minimum absolute atomic E-state index is 0.0939. The molecule has 7 N–H and O–H groups in total. The Labute approximate surface area is 133 Å². The van der Waals surface area contributed by atoms with Crippen LogP contribution in [-0.2, 0) is 4.74 Å². The monoisotopic (exact) mass is 338 g/mol. The molecule has 0 saturated carbocycles. The normalized spacial score (nSPS) is 26.8. The SMILES string of the molecule is NC(=O)c1nc2c(N)ncnc2n([C@@H]2O[C@H](CO)[C@@H](O)[C@H]2O)c1=O. The molecule has 128 valence electrons. The standard InChI is InChI=1S/C12H14N6O6/c13-8-4-10(16-2-15-8)18(11(23)5(17-4)9(14)22)12-7(21)6(20)3(1-19)24-12/h2-3,6-7,12,19-21H,1H2,(H2,14,22)(H2,13,15,16)/t3-,6-,7-,12-/m1/s1. The van der Waals surface area contributed by atoms with Gasteiger partial charge in [0.25, 0.3) is 11.5 Å². The molecule has 3 rings (SSSR count). The summed E-state index contributed by atoms with van der Waals surface area (Å²) in [5.74, 6) is -1.24. The van der Waals surface area contributed by atoms with Crippen LogP contribution in [0.15, 0.2) is 11.1 Å². The minimum atomic E-state index is -1.57. The van der Waals surface area contributed by atoms with Gasteiger partial charge in [0.05, 0.1) is 6.61 Å². The average Bonchev–Trinajstić information content (AvgIpc) is 2.82. The van der Waals surface area contributed by atoms with Gasteiger partial charge in [-0.3, -0.25) is 14.2 Å². The van der Waals surface area contributed by atoms with Gasteiger partial charge in [-0.05, 0) is 0 Å². The lowest BCUT2D eigenvalue weighted by atomic mass is 10.1. The van der Waals surface area contributed by atoms with Gasteiger partial charge in [0.1, 0.15) is 30.2 Å².